The minimum atomic E-state index is -0.477. The van der Waals surface area contributed by atoms with E-state index < -0.39 is 11.8 Å². The number of anilines is 1. The molecule has 3 amide bonds. The highest BCUT2D eigenvalue weighted by Crippen LogP contribution is 2.23. The van der Waals surface area contributed by atoms with Crippen LogP contribution in [0.5, 0.6) is 5.75 Å². The molecule has 0 radical (unpaired) electrons. The van der Waals surface area contributed by atoms with E-state index in [2.05, 4.69) is 42.3 Å². The summed E-state index contributed by atoms with van der Waals surface area (Å²) in [7, 11) is 0. The highest BCUT2D eigenvalue weighted by Gasteiger charge is 2.16. The molecule has 0 heterocycles. The summed E-state index contributed by atoms with van der Waals surface area (Å²) in [5, 5.41) is 5.29. The van der Waals surface area contributed by atoms with Crippen LogP contribution in [0.3, 0.4) is 0 Å². The van der Waals surface area contributed by atoms with Gasteiger partial charge < -0.3 is 10.1 Å². The third-order valence-corrected chi connectivity index (χ3v) is 6.76. The van der Waals surface area contributed by atoms with Gasteiger partial charge in [-0.05, 0) is 77.3 Å². The van der Waals surface area contributed by atoms with Crippen LogP contribution >= 0.6 is 12.2 Å². The first-order valence-electron chi connectivity index (χ1n) is 13.8. The van der Waals surface area contributed by atoms with Crippen molar-refractivity contribution in [1.82, 2.24) is 16.2 Å². The van der Waals surface area contributed by atoms with Crippen molar-refractivity contribution in [2.45, 2.75) is 32.6 Å². The Kier molecular flexibility index (Phi) is 10.2. The third-order valence-electron chi connectivity index (χ3n) is 6.56. The van der Waals surface area contributed by atoms with E-state index >= 15 is 0 Å². The minimum absolute atomic E-state index is 0.00129. The highest BCUT2D eigenvalue weighted by molar-refractivity contribution is 7.80. The second-order valence-electron chi connectivity index (χ2n) is 10.8. The first kappa shape index (κ1) is 30.9. The summed E-state index contributed by atoms with van der Waals surface area (Å²) in [4.78, 5) is 38.1. The molecule has 0 aromatic heterocycles. The zero-order chi connectivity index (χ0) is 30.8. The van der Waals surface area contributed by atoms with Crippen molar-refractivity contribution in [3.8, 4) is 5.75 Å². The maximum Gasteiger partial charge on any atom is 0.269 e. The SMILES string of the molecule is CC(C)(C)c1ccc(C(=O)Nc2ccc(C(=O)NNC(=S)NC(=O)c3ccccc3OCCc3ccccc3)cc2)cc1. The molecule has 0 saturated heterocycles. The number of hydrogen-bond acceptors (Lipinski definition) is 5. The van der Waals surface area contributed by atoms with Crippen molar-refractivity contribution >= 4 is 40.7 Å². The number of carbonyl (C=O) groups excluding carboxylic acids is 3. The fourth-order valence-corrected chi connectivity index (χ4v) is 4.26. The summed E-state index contributed by atoms with van der Waals surface area (Å²) in [6.45, 7) is 6.75. The zero-order valence-corrected chi connectivity index (χ0v) is 25.1. The van der Waals surface area contributed by atoms with E-state index in [-0.39, 0.29) is 16.4 Å². The van der Waals surface area contributed by atoms with Crippen LogP contribution in [-0.4, -0.2) is 29.4 Å². The van der Waals surface area contributed by atoms with Crippen LogP contribution in [-0.2, 0) is 11.8 Å². The summed E-state index contributed by atoms with van der Waals surface area (Å²) in [6.07, 6.45) is 0.696. The number of nitrogens with one attached hydrogen (secondary N) is 4. The predicted molar refractivity (Wildman–Crippen MR) is 172 cm³/mol. The minimum Gasteiger partial charge on any atom is -0.492 e. The van der Waals surface area contributed by atoms with Gasteiger partial charge in [0.15, 0.2) is 5.11 Å². The summed E-state index contributed by atoms with van der Waals surface area (Å²) in [5.41, 5.74) is 8.99. The fraction of sp³-hybridized carbons (Fsp3) is 0.176. The molecule has 0 bridgehead atoms. The molecule has 0 unspecified atom stereocenters. The molecule has 0 fully saturated rings. The van der Waals surface area contributed by atoms with E-state index in [4.69, 9.17) is 17.0 Å². The molecule has 9 heteroatoms. The van der Waals surface area contributed by atoms with Crippen LogP contribution in [0.4, 0.5) is 5.69 Å². The van der Waals surface area contributed by atoms with Crippen molar-refractivity contribution in [2.24, 2.45) is 0 Å². The number of carbonyl (C=O) groups is 3. The van der Waals surface area contributed by atoms with Crippen LogP contribution in [0.15, 0.2) is 103 Å². The topological polar surface area (TPSA) is 109 Å². The molecule has 43 heavy (non-hydrogen) atoms. The van der Waals surface area contributed by atoms with Crippen molar-refractivity contribution in [3.05, 3.63) is 131 Å². The lowest BCUT2D eigenvalue weighted by Crippen LogP contribution is -2.48. The Morgan fingerprint density at radius 1 is 0.698 bits per heavy atom. The van der Waals surface area contributed by atoms with Gasteiger partial charge in [0, 0.05) is 23.2 Å². The molecule has 4 N–H and O–H groups in total. The number of thiocarbonyl (C=S) groups is 1. The number of ether oxygens (including phenoxy) is 1. The quantitative estimate of drug-likeness (QED) is 0.152. The molecule has 0 saturated carbocycles. The number of amides is 3. The summed E-state index contributed by atoms with van der Waals surface area (Å²) in [5.74, 6) is -0.771. The van der Waals surface area contributed by atoms with Crippen molar-refractivity contribution in [3.63, 3.8) is 0 Å². The smallest absolute Gasteiger partial charge is 0.269 e. The highest BCUT2D eigenvalue weighted by atomic mass is 32.1. The maximum atomic E-state index is 12.8. The largest absolute Gasteiger partial charge is 0.492 e. The molecule has 0 aliphatic heterocycles. The monoisotopic (exact) mass is 594 g/mol. The number of rotatable bonds is 8. The van der Waals surface area contributed by atoms with E-state index in [0.29, 0.717) is 41.2 Å². The third kappa shape index (κ3) is 8.98. The van der Waals surface area contributed by atoms with Crippen molar-refractivity contribution < 1.29 is 19.1 Å². The maximum absolute atomic E-state index is 12.8. The molecule has 0 aliphatic rings. The molecule has 0 aliphatic carbocycles. The molecule has 0 atom stereocenters. The molecular formula is C34H34N4O4S. The van der Waals surface area contributed by atoms with E-state index in [1.807, 2.05) is 42.5 Å². The van der Waals surface area contributed by atoms with Crippen LogP contribution in [0.1, 0.15) is 63.0 Å². The average molecular weight is 595 g/mol. The molecule has 4 aromatic carbocycles. The van der Waals surface area contributed by atoms with Gasteiger partial charge in [0.05, 0.1) is 12.2 Å². The van der Waals surface area contributed by atoms with Crippen LogP contribution in [0, 0.1) is 0 Å². The molecule has 4 aromatic rings. The summed E-state index contributed by atoms with van der Waals surface area (Å²) < 4.78 is 5.85. The first-order chi connectivity index (χ1) is 20.6. The fourth-order valence-electron chi connectivity index (χ4n) is 4.12. The average Bonchev–Trinajstić information content (AvgIpc) is 3.00. The van der Waals surface area contributed by atoms with Gasteiger partial charge >= 0.3 is 0 Å². The van der Waals surface area contributed by atoms with Crippen LogP contribution in [0.25, 0.3) is 0 Å². The molecule has 220 valence electrons. The first-order valence-corrected chi connectivity index (χ1v) is 14.2. The number of hydrogen-bond donors (Lipinski definition) is 4. The van der Waals surface area contributed by atoms with Gasteiger partial charge in [-0.1, -0.05) is 75.4 Å². The van der Waals surface area contributed by atoms with Gasteiger partial charge in [-0.15, -0.1) is 0 Å². The van der Waals surface area contributed by atoms with E-state index in [1.165, 1.54) is 0 Å². The van der Waals surface area contributed by atoms with Gasteiger partial charge in [0.1, 0.15) is 5.75 Å². The Bertz CT molecular complexity index is 1580. The second kappa shape index (κ2) is 14.2. The molecule has 4 rings (SSSR count). The zero-order valence-electron chi connectivity index (χ0n) is 24.3. The van der Waals surface area contributed by atoms with Crippen molar-refractivity contribution in [2.75, 3.05) is 11.9 Å². The summed E-state index contributed by atoms with van der Waals surface area (Å²) in [6, 6.07) is 30.7. The van der Waals surface area contributed by atoms with Crippen LogP contribution < -0.4 is 26.2 Å². The lowest BCUT2D eigenvalue weighted by molar-refractivity contribution is 0.0933. The van der Waals surface area contributed by atoms with Gasteiger partial charge in [-0.2, -0.15) is 0 Å². The Balaban J connectivity index is 1.24. The predicted octanol–water partition coefficient (Wildman–Crippen LogP) is 5.81. The van der Waals surface area contributed by atoms with Crippen molar-refractivity contribution in [1.29, 1.82) is 0 Å². The van der Waals surface area contributed by atoms with Gasteiger partial charge in [-0.3, -0.25) is 30.6 Å². The molecular weight excluding hydrogens is 560 g/mol. The Morgan fingerprint density at radius 3 is 1.98 bits per heavy atom. The van der Waals surface area contributed by atoms with E-state index in [1.54, 1.807) is 60.7 Å². The lowest BCUT2D eigenvalue weighted by atomic mass is 9.87. The second-order valence-corrected chi connectivity index (χ2v) is 11.2. The Morgan fingerprint density at radius 2 is 1.30 bits per heavy atom. The normalized spacial score (nSPS) is 10.8. The Hall–Kier alpha value is -5.02. The lowest BCUT2D eigenvalue weighted by Gasteiger charge is -2.19. The van der Waals surface area contributed by atoms with Gasteiger partial charge in [0.25, 0.3) is 17.7 Å². The molecule has 0 spiro atoms. The van der Waals surface area contributed by atoms with Gasteiger partial charge in [0.2, 0.25) is 0 Å². The number of hydrazine groups is 1. The number of benzene rings is 4. The Labute approximate surface area is 256 Å². The standard InChI is InChI=1S/C34H34N4O4S/c1-34(2,3)26-17-13-24(14-18-26)30(39)35-27-19-15-25(16-20-27)31(40)37-38-33(43)36-32(41)28-11-7-8-12-29(28)42-22-21-23-9-5-4-6-10-23/h4-20H,21-22H2,1-3H3,(H,35,39)(H,37,40)(H2,36,38,41,43). The van der Waals surface area contributed by atoms with Gasteiger partial charge in [-0.25, -0.2) is 0 Å². The van der Waals surface area contributed by atoms with E-state index in [9.17, 15) is 14.4 Å². The van der Waals surface area contributed by atoms with E-state index in [0.717, 1.165) is 11.1 Å². The molecule has 8 nitrogen and oxygen atoms in total. The number of para-hydroxylation sites is 1. The van der Waals surface area contributed by atoms with Crippen LogP contribution in [0.2, 0.25) is 0 Å². The summed E-state index contributed by atoms with van der Waals surface area (Å²) >= 11 is 5.19.